The molecule has 1 saturated heterocycles. The number of benzene rings is 1. The average Bonchev–Trinajstić information content (AvgIpc) is 3.22. The molecule has 3 aromatic rings. The predicted octanol–water partition coefficient (Wildman–Crippen LogP) is 1.69. The number of nitrogens with zero attached hydrogens (tertiary/aromatic N) is 3. The van der Waals surface area contributed by atoms with Gasteiger partial charge in [-0.15, -0.1) is 0 Å². The second kappa shape index (κ2) is 9.68. The van der Waals surface area contributed by atoms with E-state index in [2.05, 4.69) is 20.2 Å². The minimum atomic E-state index is -1.36. The Labute approximate surface area is 191 Å². The molecule has 0 unspecified atom stereocenters. The van der Waals surface area contributed by atoms with Gasteiger partial charge in [-0.3, -0.25) is 9.59 Å². The van der Waals surface area contributed by atoms with Crippen molar-refractivity contribution in [2.75, 3.05) is 33.2 Å². The fourth-order valence-electron chi connectivity index (χ4n) is 3.87. The van der Waals surface area contributed by atoms with Crippen LogP contribution in [0.15, 0.2) is 48.7 Å². The molecule has 0 bridgehead atoms. The summed E-state index contributed by atoms with van der Waals surface area (Å²) in [6.45, 7) is 2.60. The van der Waals surface area contributed by atoms with Crippen LogP contribution in [0.3, 0.4) is 0 Å². The lowest BCUT2D eigenvalue weighted by Crippen LogP contribution is -2.56. The third-order valence-corrected chi connectivity index (χ3v) is 5.99. The topological polar surface area (TPSA) is 102 Å². The number of likely N-dealkylation sites (N-methyl/N-ethyl adjacent to an activating group) is 1. The third-order valence-electron chi connectivity index (χ3n) is 5.78. The molecular formula is C23H26ClN5O3. The molecule has 2 atom stereocenters. The fraction of sp³-hybridized carbons (Fsp3) is 0.348. The van der Waals surface area contributed by atoms with Crippen LogP contribution in [0, 0.1) is 0 Å². The first-order valence-corrected chi connectivity index (χ1v) is 10.9. The van der Waals surface area contributed by atoms with Gasteiger partial charge in [-0.05, 0) is 31.2 Å². The molecule has 9 heteroatoms. The van der Waals surface area contributed by atoms with Gasteiger partial charge >= 0.3 is 0 Å². The second-order valence-electron chi connectivity index (χ2n) is 8.12. The number of rotatable bonds is 6. The van der Waals surface area contributed by atoms with Crippen LogP contribution in [-0.2, 0) is 11.2 Å². The summed E-state index contributed by atoms with van der Waals surface area (Å²) in [5.41, 5.74) is 1.89. The Hall–Kier alpha value is -2.94. The van der Waals surface area contributed by atoms with Gasteiger partial charge in [0.1, 0.15) is 10.8 Å². The maximum atomic E-state index is 13.0. The molecule has 0 radical (unpaired) electrons. The monoisotopic (exact) mass is 455 g/mol. The highest BCUT2D eigenvalue weighted by atomic mass is 35.5. The van der Waals surface area contributed by atoms with Gasteiger partial charge in [0.25, 0.3) is 11.8 Å². The summed E-state index contributed by atoms with van der Waals surface area (Å²) in [4.78, 5) is 36.8. The number of aromatic nitrogens is 2. The highest BCUT2D eigenvalue weighted by Crippen LogP contribution is 2.18. The van der Waals surface area contributed by atoms with Crippen LogP contribution in [0.4, 0.5) is 0 Å². The number of amides is 2. The molecule has 168 valence electrons. The largest absolute Gasteiger partial charge is 0.381 e. The first kappa shape index (κ1) is 22.3. The number of carbonyl (C=O) groups excluding carboxylic acids is 2. The summed E-state index contributed by atoms with van der Waals surface area (Å²) in [5.74, 6) is -0.782. The van der Waals surface area contributed by atoms with Crippen molar-refractivity contribution in [1.29, 1.82) is 0 Å². The number of hydrogen-bond acceptors (Lipinski definition) is 5. The van der Waals surface area contributed by atoms with E-state index in [9.17, 15) is 14.7 Å². The first-order chi connectivity index (χ1) is 15.4. The summed E-state index contributed by atoms with van der Waals surface area (Å²) in [7, 11) is 2.00. The molecule has 1 aliphatic rings. The lowest BCUT2D eigenvalue weighted by Gasteiger charge is -2.35. The summed E-state index contributed by atoms with van der Waals surface area (Å²) >= 11 is 5.94. The molecule has 2 amide bonds. The van der Waals surface area contributed by atoms with E-state index in [1.54, 1.807) is 23.2 Å². The molecule has 4 rings (SSSR count). The second-order valence-corrected chi connectivity index (χ2v) is 8.51. The van der Waals surface area contributed by atoms with Gasteiger partial charge in [0.05, 0.1) is 17.8 Å². The summed E-state index contributed by atoms with van der Waals surface area (Å²) in [6, 6.07) is 12.0. The molecule has 32 heavy (non-hydrogen) atoms. The minimum Gasteiger partial charge on any atom is -0.381 e. The number of piperazine rings is 1. The number of aliphatic hydroxyl groups is 1. The Balaban J connectivity index is 1.53. The van der Waals surface area contributed by atoms with Gasteiger partial charge in [0.15, 0.2) is 6.10 Å². The van der Waals surface area contributed by atoms with Crippen molar-refractivity contribution in [3.63, 3.8) is 0 Å². The minimum absolute atomic E-state index is 0.307. The van der Waals surface area contributed by atoms with E-state index in [4.69, 9.17) is 11.6 Å². The molecule has 0 spiro atoms. The van der Waals surface area contributed by atoms with E-state index in [1.165, 1.54) is 0 Å². The lowest BCUT2D eigenvalue weighted by atomic mass is 9.99. The van der Waals surface area contributed by atoms with Crippen molar-refractivity contribution in [1.82, 2.24) is 25.1 Å². The number of aromatic amines is 1. The van der Waals surface area contributed by atoms with E-state index in [1.807, 2.05) is 37.4 Å². The number of carbonyl (C=O) groups is 2. The van der Waals surface area contributed by atoms with Crippen LogP contribution < -0.4 is 5.32 Å². The molecule has 3 heterocycles. The van der Waals surface area contributed by atoms with Crippen LogP contribution in [0.2, 0.25) is 5.15 Å². The molecule has 2 aromatic heterocycles. The fourth-order valence-corrected chi connectivity index (χ4v) is 4.04. The zero-order chi connectivity index (χ0) is 22.7. The third kappa shape index (κ3) is 5.09. The van der Waals surface area contributed by atoms with Crippen LogP contribution >= 0.6 is 11.6 Å². The van der Waals surface area contributed by atoms with Gasteiger partial charge in [0, 0.05) is 31.6 Å². The smallest absolute Gasteiger partial charge is 0.268 e. The number of halogens is 1. The van der Waals surface area contributed by atoms with E-state index in [-0.39, 0.29) is 5.91 Å². The number of aliphatic hydroxyl groups excluding tert-OH is 1. The predicted molar refractivity (Wildman–Crippen MR) is 123 cm³/mol. The number of pyridine rings is 1. The van der Waals surface area contributed by atoms with Crippen molar-refractivity contribution in [2.24, 2.45) is 0 Å². The summed E-state index contributed by atoms with van der Waals surface area (Å²) in [6.07, 6.45) is 0.519. The molecule has 8 nitrogen and oxygen atoms in total. The normalized spacial score (nSPS) is 16.7. The summed E-state index contributed by atoms with van der Waals surface area (Å²) in [5, 5.41) is 14.9. The van der Waals surface area contributed by atoms with Gasteiger partial charge in [0.2, 0.25) is 0 Å². The lowest BCUT2D eigenvalue weighted by molar-refractivity contribution is -0.143. The Kier molecular flexibility index (Phi) is 6.74. The van der Waals surface area contributed by atoms with Crippen LogP contribution in [0.25, 0.3) is 10.9 Å². The number of H-pyrrole nitrogens is 1. The highest BCUT2D eigenvalue weighted by molar-refractivity contribution is 6.30. The van der Waals surface area contributed by atoms with Crippen molar-refractivity contribution in [3.05, 3.63) is 65.1 Å². The van der Waals surface area contributed by atoms with Crippen molar-refractivity contribution in [3.8, 4) is 0 Å². The molecule has 1 fully saturated rings. The van der Waals surface area contributed by atoms with Gasteiger partial charge in [-0.1, -0.05) is 41.9 Å². The zero-order valence-corrected chi connectivity index (χ0v) is 18.5. The van der Waals surface area contributed by atoms with Crippen LogP contribution in [-0.4, -0.2) is 82.1 Å². The van der Waals surface area contributed by atoms with Crippen LogP contribution in [0.5, 0.6) is 0 Å². The van der Waals surface area contributed by atoms with Crippen molar-refractivity contribution >= 4 is 34.3 Å². The first-order valence-electron chi connectivity index (χ1n) is 10.5. The van der Waals surface area contributed by atoms with E-state index in [0.717, 1.165) is 24.0 Å². The Morgan fingerprint density at radius 3 is 2.62 bits per heavy atom. The molecule has 1 aromatic carbocycles. The van der Waals surface area contributed by atoms with E-state index in [0.29, 0.717) is 35.9 Å². The molecule has 1 aliphatic heterocycles. The van der Waals surface area contributed by atoms with Crippen LogP contribution in [0.1, 0.15) is 16.1 Å². The average molecular weight is 456 g/mol. The van der Waals surface area contributed by atoms with Crippen molar-refractivity contribution < 1.29 is 14.7 Å². The summed E-state index contributed by atoms with van der Waals surface area (Å²) < 4.78 is 0. The zero-order valence-electron chi connectivity index (χ0n) is 17.8. The molecular weight excluding hydrogens is 430 g/mol. The standard InChI is InChI=1S/C23H26ClN5O3/c1-28-7-9-29(10-8-28)23(32)21(30)17(11-15-5-3-2-4-6-15)27-22(31)18-12-16-13-20(24)25-14-19(16)26-18/h2-6,12-14,17,21,26,30H,7-11H2,1H3,(H,27,31)/t17-,21+/m0/s1. The molecule has 0 aliphatic carbocycles. The number of hydrogen-bond donors (Lipinski definition) is 3. The number of nitrogens with one attached hydrogen (secondary N) is 2. The maximum absolute atomic E-state index is 13.0. The number of fused-ring (bicyclic) bond motifs is 1. The maximum Gasteiger partial charge on any atom is 0.268 e. The molecule has 0 saturated carbocycles. The van der Waals surface area contributed by atoms with E-state index < -0.39 is 18.1 Å². The van der Waals surface area contributed by atoms with Gasteiger partial charge in [-0.2, -0.15) is 0 Å². The van der Waals surface area contributed by atoms with E-state index >= 15 is 0 Å². The quantitative estimate of drug-likeness (QED) is 0.491. The van der Waals surface area contributed by atoms with Gasteiger partial charge < -0.3 is 25.2 Å². The molecule has 3 N–H and O–H groups in total. The Bertz CT molecular complexity index is 1100. The SMILES string of the molecule is CN1CCN(C(=O)[C@H](O)[C@H](Cc2ccccc2)NC(=O)c2cc3cc(Cl)ncc3[nH]2)CC1. The Morgan fingerprint density at radius 2 is 1.91 bits per heavy atom. The van der Waals surface area contributed by atoms with Crippen molar-refractivity contribution in [2.45, 2.75) is 18.6 Å². The highest BCUT2D eigenvalue weighted by Gasteiger charge is 2.33. The Morgan fingerprint density at radius 1 is 1.19 bits per heavy atom. The van der Waals surface area contributed by atoms with Gasteiger partial charge in [-0.25, -0.2) is 4.98 Å².